The Morgan fingerprint density at radius 3 is 2.52 bits per heavy atom. The number of ether oxygens (including phenoxy) is 1. The minimum Gasteiger partial charge on any atom is -0.475 e. The maximum Gasteiger partial charge on any atom is 0.213 e. The summed E-state index contributed by atoms with van der Waals surface area (Å²) in [6.07, 6.45) is 4.09. The molecule has 2 N–H and O–H groups in total. The normalized spacial score (nSPS) is 11.4. The van der Waals surface area contributed by atoms with E-state index in [-0.39, 0.29) is 6.10 Å². The first-order valence-electron chi connectivity index (χ1n) is 8.77. The van der Waals surface area contributed by atoms with Crippen LogP contribution in [0.2, 0.25) is 0 Å². The van der Waals surface area contributed by atoms with Gasteiger partial charge in [0.1, 0.15) is 0 Å². The van der Waals surface area contributed by atoms with Crippen molar-refractivity contribution in [2.24, 2.45) is 4.99 Å². The number of nitrogens with zero attached hydrogens (tertiary/aromatic N) is 2. The maximum atomic E-state index is 5.55. The molecular weight excluding hydrogens is 312 g/mol. The van der Waals surface area contributed by atoms with E-state index in [2.05, 4.69) is 44.9 Å². The number of aliphatic imine (C=N–C) groups is 1. The number of nitrogens with one attached hydrogen (secondary N) is 2. The highest BCUT2D eigenvalue weighted by Crippen LogP contribution is 2.09. The summed E-state index contributed by atoms with van der Waals surface area (Å²) < 4.78 is 5.55. The molecular formula is C20H28N4O. The Morgan fingerprint density at radius 2 is 1.88 bits per heavy atom. The summed E-state index contributed by atoms with van der Waals surface area (Å²) in [6, 6.07) is 14.4. The van der Waals surface area contributed by atoms with Crippen LogP contribution in [0.15, 0.2) is 53.7 Å². The molecule has 0 aliphatic carbocycles. The van der Waals surface area contributed by atoms with E-state index in [9.17, 15) is 0 Å². The molecule has 0 aliphatic rings. The van der Waals surface area contributed by atoms with Gasteiger partial charge in [0.05, 0.1) is 6.10 Å². The Kier molecular flexibility index (Phi) is 7.76. The van der Waals surface area contributed by atoms with E-state index in [1.165, 1.54) is 5.56 Å². The van der Waals surface area contributed by atoms with Crippen molar-refractivity contribution in [2.45, 2.75) is 39.3 Å². The molecule has 0 saturated carbocycles. The molecule has 1 aromatic heterocycles. The van der Waals surface area contributed by atoms with Gasteiger partial charge in [-0.05, 0) is 37.8 Å². The van der Waals surface area contributed by atoms with Crippen molar-refractivity contribution in [1.82, 2.24) is 15.6 Å². The molecule has 0 bridgehead atoms. The number of pyridine rings is 1. The minimum atomic E-state index is 0.135. The molecule has 2 aromatic rings. The molecule has 0 amide bonds. The van der Waals surface area contributed by atoms with E-state index < -0.39 is 0 Å². The van der Waals surface area contributed by atoms with Crippen LogP contribution >= 0.6 is 0 Å². The lowest BCUT2D eigenvalue weighted by atomic mass is 10.1. The number of aromatic nitrogens is 1. The Hall–Kier alpha value is -2.56. The number of guanidine groups is 1. The van der Waals surface area contributed by atoms with E-state index >= 15 is 0 Å². The quantitative estimate of drug-likeness (QED) is 0.440. The Bertz CT molecular complexity index is 639. The summed E-state index contributed by atoms with van der Waals surface area (Å²) in [5.41, 5.74) is 2.45. The fourth-order valence-electron chi connectivity index (χ4n) is 2.38. The molecule has 1 aromatic carbocycles. The number of aryl methyl sites for hydroxylation is 1. The summed E-state index contributed by atoms with van der Waals surface area (Å²) in [5, 5.41) is 6.64. The topological polar surface area (TPSA) is 58.5 Å². The summed E-state index contributed by atoms with van der Waals surface area (Å²) in [6.45, 7) is 5.54. The van der Waals surface area contributed by atoms with Gasteiger partial charge in [-0.15, -0.1) is 0 Å². The fraction of sp³-hybridized carbons (Fsp3) is 0.400. The second kappa shape index (κ2) is 10.3. The van der Waals surface area contributed by atoms with E-state index in [1.54, 1.807) is 7.05 Å². The van der Waals surface area contributed by atoms with Gasteiger partial charge in [-0.1, -0.05) is 36.4 Å². The van der Waals surface area contributed by atoms with Crippen molar-refractivity contribution < 1.29 is 4.74 Å². The average Bonchev–Trinajstić information content (AvgIpc) is 2.63. The van der Waals surface area contributed by atoms with Gasteiger partial charge in [-0.25, -0.2) is 4.98 Å². The van der Waals surface area contributed by atoms with Gasteiger partial charge in [0.25, 0.3) is 0 Å². The zero-order chi connectivity index (χ0) is 17.9. The third kappa shape index (κ3) is 7.25. The third-order valence-corrected chi connectivity index (χ3v) is 3.62. The van der Waals surface area contributed by atoms with Crippen LogP contribution in [-0.4, -0.2) is 30.6 Å². The van der Waals surface area contributed by atoms with Gasteiger partial charge in [-0.2, -0.15) is 0 Å². The van der Waals surface area contributed by atoms with Crippen LogP contribution < -0.4 is 15.4 Å². The van der Waals surface area contributed by atoms with Crippen molar-refractivity contribution in [3.05, 3.63) is 59.8 Å². The molecule has 1 heterocycles. The molecule has 0 unspecified atom stereocenters. The van der Waals surface area contributed by atoms with Crippen LogP contribution in [0.4, 0.5) is 0 Å². The van der Waals surface area contributed by atoms with Crippen molar-refractivity contribution in [3.8, 4) is 5.88 Å². The number of hydrogen-bond donors (Lipinski definition) is 2. The maximum absolute atomic E-state index is 5.55. The predicted octanol–water partition coefficient (Wildman–Crippen LogP) is 3.17. The second-order valence-corrected chi connectivity index (χ2v) is 6.11. The van der Waals surface area contributed by atoms with E-state index in [0.29, 0.717) is 12.4 Å². The number of rotatable bonds is 8. The lowest BCUT2D eigenvalue weighted by molar-refractivity contribution is 0.232. The molecule has 0 fully saturated rings. The summed E-state index contributed by atoms with van der Waals surface area (Å²) in [5.74, 6) is 1.46. The molecule has 134 valence electrons. The first kappa shape index (κ1) is 18.8. The summed E-state index contributed by atoms with van der Waals surface area (Å²) >= 11 is 0. The van der Waals surface area contributed by atoms with Crippen LogP contribution in [0.25, 0.3) is 0 Å². The van der Waals surface area contributed by atoms with Crippen molar-refractivity contribution in [2.75, 3.05) is 13.6 Å². The van der Waals surface area contributed by atoms with Crippen LogP contribution in [0.1, 0.15) is 31.4 Å². The van der Waals surface area contributed by atoms with Gasteiger partial charge in [0.15, 0.2) is 5.96 Å². The van der Waals surface area contributed by atoms with E-state index in [1.807, 2.05) is 38.2 Å². The second-order valence-electron chi connectivity index (χ2n) is 6.11. The van der Waals surface area contributed by atoms with Crippen LogP contribution in [0, 0.1) is 0 Å². The first-order valence-corrected chi connectivity index (χ1v) is 8.77. The van der Waals surface area contributed by atoms with E-state index in [4.69, 9.17) is 4.74 Å². The lowest BCUT2D eigenvalue weighted by Crippen LogP contribution is -2.37. The number of hydrogen-bond acceptors (Lipinski definition) is 3. The molecule has 0 atom stereocenters. The predicted molar refractivity (Wildman–Crippen MR) is 103 cm³/mol. The van der Waals surface area contributed by atoms with Gasteiger partial charge in [0, 0.05) is 32.4 Å². The smallest absolute Gasteiger partial charge is 0.213 e. The van der Waals surface area contributed by atoms with Crippen LogP contribution in [0.5, 0.6) is 5.88 Å². The standard InChI is InChI=1S/C20H28N4O/c1-16(2)25-19-12-11-18(14-23-19)15-24-20(21-3)22-13-7-10-17-8-5-4-6-9-17/h4-6,8-9,11-12,14,16H,7,10,13,15H2,1-3H3,(H2,21,22,24). The van der Waals surface area contributed by atoms with E-state index in [0.717, 1.165) is 30.9 Å². The highest BCUT2D eigenvalue weighted by atomic mass is 16.5. The highest BCUT2D eigenvalue weighted by molar-refractivity contribution is 5.79. The first-order chi connectivity index (χ1) is 12.2. The van der Waals surface area contributed by atoms with Crippen LogP contribution in [-0.2, 0) is 13.0 Å². The molecule has 25 heavy (non-hydrogen) atoms. The molecule has 0 saturated heterocycles. The highest BCUT2D eigenvalue weighted by Gasteiger charge is 2.01. The summed E-state index contributed by atoms with van der Waals surface area (Å²) in [7, 11) is 1.78. The largest absolute Gasteiger partial charge is 0.475 e. The molecule has 5 nitrogen and oxygen atoms in total. The minimum absolute atomic E-state index is 0.135. The van der Waals surface area contributed by atoms with Gasteiger partial charge >= 0.3 is 0 Å². The van der Waals surface area contributed by atoms with Gasteiger partial charge < -0.3 is 15.4 Å². The Balaban J connectivity index is 1.69. The average molecular weight is 340 g/mol. The molecule has 2 rings (SSSR count). The lowest BCUT2D eigenvalue weighted by Gasteiger charge is -2.12. The zero-order valence-electron chi connectivity index (χ0n) is 15.3. The van der Waals surface area contributed by atoms with Crippen molar-refractivity contribution >= 4 is 5.96 Å². The number of benzene rings is 1. The molecule has 0 radical (unpaired) electrons. The van der Waals surface area contributed by atoms with Gasteiger partial charge in [-0.3, -0.25) is 4.99 Å². The SMILES string of the molecule is CN=C(NCCCc1ccccc1)NCc1ccc(OC(C)C)nc1. The molecule has 5 heteroatoms. The Labute approximate surface area is 150 Å². The summed E-state index contributed by atoms with van der Waals surface area (Å²) in [4.78, 5) is 8.56. The molecule has 0 spiro atoms. The third-order valence-electron chi connectivity index (χ3n) is 3.62. The van der Waals surface area contributed by atoms with Crippen molar-refractivity contribution in [3.63, 3.8) is 0 Å². The monoisotopic (exact) mass is 340 g/mol. The Morgan fingerprint density at radius 1 is 1.08 bits per heavy atom. The van der Waals surface area contributed by atoms with Crippen molar-refractivity contribution in [1.29, 1.82) is 0 Å². The van der Waals surface area contributed by atoms with Gasteiger partial charge in [0.2, 0.25) is 5.88 Å². The fourth-order valence-corrected chi connectivity index (χ4v) is 2.38. The zero-order valence-corrected chi connectivity index (χ0v) is 15.3. The molecule has 0 aliphatic heterocycles. The van der Waals surface area contributed by atoms with Crippen LogP contribution in [0.3, 0.4) is 0 Å².